The Morgan fingerprint density at radius 1 is 1.33 bits per heavy atom. The highest BCUT2D eigenvalue weighted by atomic mass is 19.1. The fraction of sp³-hybridized carbons (Fsp3) is 0.300. The van der Waals surface area contributed by atoms with Gasteiger partial charge in [0.2, 0.25) is 0 Å². The molecule has 0 spiro atoms. The van der Waals surface area contributed by atoms with Crippen molar-refractivity contribution in [2.75, 3.05) is 0 Å². The first kappa shape index (κ1) is 8.91. The fourth-order valence-corrected chi connectivity index (χ4v) is 1.09. The quantitative estimate of drug-likeness (QED) is 0.627. The van der Waals surface area contributed by atoms with Crippen molar-refractivity contribution in [1.82, 2.24) is 0 Å². The van der Waals surface area contributed by atoms with Gasteiger partial charge in [-0.1, -0.05) is 24.3 Å². The number of hydrogen-bond acceptors (Lipinski definition) is 1. The summed E-state index contributed by atoms with van der Waals surface area (Å²) in [6.07, 6.45) is 2.09. The highest BCUT2D eigenvalue weighted by Crippen LogP contribution is 2.07. The number of alkyl halides is 1. The highest BCUT2D eigenvalue weighted by molar-refractivity contribution is 5.50. The molecule has 0 saturated carbocycles. The zero-order valence-electron chi connectivity index (χ0n) is 6.79. The van der Waals surface area contributed by atoms with E-state index in [1.165, 1.54) is 0 Å². The van der Waals surface area contributed by atoms with E-state index in [2.05, 4.69) is 0 Å². The largest absolute Gasteiger partial charge is 0.303 e. The van der Waals surface area contributed by atoms with Crippen molar-refractivity contribution in [1.29, 1.82) is 0 Å². The summed E-state index contributed by atoms with van der Waals surface area (Å²) in [6.45, 7) is -0.436. The minimum Gasteiger partial charge on any atom is -0.303 e. The predicted molar refractivity (Wildman–Crippen MR) is 45.6 cm³/mol. The molecule has 0 fully saturated rings. The summed E-state index contributed by atoms with van der Waals surface area (Å²) in [4.78, 5) is 10.1. The zero-order chi connectivity index (χ0) is 8.81. The van der Waals surface area contributed by atoms with E-state index in [9.17, 15) is 9.18 Å². The van der Waals surface area contributed by atoms with Crippen LogP contribution in [0.25, 0.3) is 0 Å². The van der Waals surface area contributed by atoms with Gasteiger partial charge >= 0.3 is 0 Å². The monoisotopic (exact) mass is 166 g/mol. The first-order chi connectivity index (χ1) is 5.86. The van der Waals surface area contributed by atoms with Crippen molar-refractivity contribution >= 4 is 6.29 Å². The molecular weight excluding hydrogens is 155 g/mol. The van der Waals surface area contributed by atoms with Gasteiger partial charge in [0.25, 0.3) is 0 Å². The number of aldehydes is 1. The van der Waals surface area contributed by atoms with Gasteiger partial charge in [0.15, 0.2) is 0 Å². The summed E-state index contributed by atoms with van der Waals surface area (Å²) < 4.78 is 12.2. The van der Waals surface area contributed by atoms with Crippen LogP contribution in [-0.4, -0.2) is 6.29 Å². The normalized spacial score (nSPS) is 9.75. The second kappa shape index (κ2) is 4.65. The molecule has 1 rings (SSSR count). The van der Waals surface area contributed by atoms with Gasteiger partial charge < -0.3 is 4.79 Å². The van der Waals surface area contributed by atoms with E-state index in [-0.39, 0.29) is 0 Å². The Labute approximate surface area is 71.2 Å². The summed E-state index contributed by atoms with van der Waals surface area (Å²) in [5.74, 6) is 0. The molecule has 0 aliphatic carbocycles. The lowest BCUT2D eigenvalue weighted by atomic mass is 10.1. The molecule has 12 heavy (non-hydrogen) atoms. The van der Waals surface area contributed by atoms with E-state index in [1.54, 1.807) is 12.1 Å². The van der Waals surface area contributed by atoms with Crippen molar-refractivity contribution in [3.05, 3.63) is 35.4 Å². The highest BCUT2D eigenvalue weighted by Gasteiger charge is 1.94. The number of hydrogen-bond donors (Lipinski definition) is 0. The van der Waals surface area contributed by atoms with Crippen molar-refractivity contribution in [3.8, 4) is 0 Å². The van der Waals surface area contributed by atoms with Crippen LogP contribution in [0, 0.1) is 0 Å². The molecule has 0 N–H and O–H groups in total. The molecule has 1 nitrogen and oxygen atoms in total. The molecule has 1 aromatic rings. The third-order valence-corrected chi connectivity index (χ3v) is 1.70. The van der Waals surface area contributed by atoms with Crippen LogP contribution in [0.3, 0.4) is 0 Å². The third-order valence-electron chi connectivity index (χ3n) is 1.70. The van der Waals surface area contributed by atoms with Gasteiger partial charge in [0.1, 0.15) is 13.0 Å². The SMILES string of the molecule is O=CCCc1cccc(CF)c1. The number of aryl methyl sites for hydroxylation is 1. The van der Waals surface area contributed by atoms with Gasteiger partial charge in [-0.3, -0.25) is 0 Å². The molecule has 0 aromatic heterocycles. The second-order valence-electron chi connectivity index (χ2n) is 2.66. The van der Waals surface area contributed by atoms with E-state index in [0.717, 1.165) is 11.8 Å². The van der Waals surface area contributed by atoms with Crippen LogP contribution in [0.5, 0.6) is 0 Å². The summed E-state index contributed by atoms with van der Waals surface area (Å²) in [5, 5.41) is 0. The number of halogens is 1. The molecule has 0 aliphatic heterocycles. The van der Waals surface area contributed by atoms with Crippen LogP contribution >= 0.6 is 0 Å². The van der Waals surface area contributed by atoms with Crippen molar-refractivity contribution < 1.29 is 9.18 Å². The first-order valence-electron chi connectivity index (χ1n) is 3.94. The van der Waals surface area contributed by atoms with Crippen molar-refractivity contribution in [3.63, 3.8) is 0 Å². The summed E-state index contributed by atoms with van der Waals surface area (Å²) in [5.41, 5.74) is 1.70. The van der Waals surface area contributed by atoms with Gasteiger partial charge in [0, 0.05) is 6.42 Å². The van der Waals surface area contributed by atoms with Crippen molar-refractivity contribution in [2.45, 2.75) is 19.5 Å². The Balaban J connectivity index is 2.65. The number of rotatable bonds is 4. The molecule has 0 saturated heterocycles. The van der Waals surface area contributed by atoms with E-state index < -0.39 is 6.67 Å². The first-order valence-corrected chi connectivity index (χ1v) is 3.94. The lowest BCUT2D eigenvalue weighted by molar-refractivity contribution is -0.107. The molecule has 0 amide bonds. The maximum atomic E-state index is 12.2. The van der Waals surface area contributed by atoms with Crippen LogP contribution in [0.4, 0.5) is 4.39 Å². The van der Waals surface area contributed by atoms with Crippen LogP contribution in [0.15, 0.2) is 24.3 Å². The van der Waals surface area contributed by atoms with Crippen LogP contribution in [0.2, 0.25) is 0 Å². The maximum Gasteiger partial charge on any atom is 0.120 e. The molecule has 0 heterocycles. The van der Waals surface area contributed by atoms with Gasteiger partial charge in [-0.2, -0.15) is 0 Å². The van der Waals surface area contributed by atoms with E-state index in [0.29, 0.717) is 18.4 Å². The Bertz CT molecular complexity index is 258. The number of carbonyl (C=O) groups excluding carboxylic acids is 1. The average molecular weight is 166 g/mol. The smallest absolute Gasteiger partial charge is 0.120 e. The summed E-state index contributed by atoms with van der Waals surface area (Å²) in [7, 11) is 0. The van der Waals surface area contributed by atoms with Gasteiger partial charge in [-0.05, 0) is 17.5 Å². The molecule has 0 aliphatic rings. The second-order valence-corrected chi connectivity index (χ2v) is 2.66. The predicted octanol–water partition coefficient (Wildman–Crippen LogP) is 2.29. The van der Waals surface area contributed by atoms with E-state index in [1.807, 2.05) is 12.1 Å². The Morgan fingerprint density at radius 3 is 2.75 bits per heavy atom. The summed E-state index contributed by atoms with van der Waals surface area (Å²) in [6, 6.07) is 7.26. The molecule has 0 atom stereocenters. The Hall–Kier alpha value is -1.18. The molecular formula is C10H11FO. The maximum absolute atomic E-state index is 12.2. The lowest BCUT2D eigenvalue weighted by Gasteiger charge is -1.99. The number of benzene rings is 1. The van der Waals surface area contributed by atoms with E-state index >= 15 is 0 Å². The van der Waals surface area contributed by atoms with Crippen LogP contribution in [-0.2, 0) is 17.9 Å². The third kappa shape index (κ3) is 2.46. The standard InChI is InChI=1S/C10H11FO/c11-8-10-4-1-3-9(7-10)5-2-6-12/h1,3-4,6-7H,2,5,8H2. The Kier molecular flexibility index (Phi) is 3.45. The molecule has 0 bridgehead atoms. The van der Waals surface area contributed by atoms with Crippen LogP contribution in [0.1, 0.15) is 17.5 Å². The zero-order valence-corrected chi connectivity index (χ0v) is 6.79. The Morgan fingerprint density at radius 2 is 2.08 bits per heavy atom. The average Bonchev–Trinajstić information content (AvgIpc) is 2.15. The molecule has 0 radical (unpaired) electrons. The minimum absolute atomic E-state index is 0.436. The van der Waals surface area contributed by atoms with E-state index in [4.69, 9.17) is 0 Å². The van der Waals surface area contributed by atoms with Gasteiger partial charge in [-0.25, -0.2) is 4.39 Å². The fourth-order valence-electron chi connectivity index (χ4n) is 1.09. The van der Waals surface area contributed by atoms with Gasteiger partial charge in [-0.15, -0.1) is 0 Å². The molecule has 1 aromatic carbocycles. The lowest BCUT2D eigenvalue weighted by Crippen LogP contribution is -1.87. The van der Waals surface area contributed by atoms with Gasteiger partial charge in [0.05, 0.1) is 0 Å². The molecule has 0 unspecified atom stereocenters. The van der Waals surface area contributed by atoms with Crippen LogP contribution < -0.4 is 0 Å². The number of carbonyl (C=O) groups is 1. The summed E-state index contributed by atoms with van der Waals surface area (Å²) >= 11 is 0. The molecule has 64 valence electrons. The topological polar surface area (TPSA) is 17.1 Å². The van der Waals surface area contributed by atoms with Crippen molar-refractivity contribution in [2.24, 2.45) is 0 Å². The molecule has 2 heteroatoms. The minimum atomic E-state index is -0.436.